The van der Waals surface area contributed by atoms with Crippen LogP contribution in [0.4, 0.5) is 26.0 Å². The quantitative estimate of drug-likeness (QED) is 0.727. The van der Waals surface area contributed by atoms with Gasteiger partial charge in [0.05, 0.1) is 11.9 Å². The zero-order valence-electron chi connectivity index (χ0n) is 13.4. The summed E-state index contributed by atoms with van der Waals surface area (Å²) in [5.41, 5.74) is 1.80. The maximum absolute atomic E-state index is 13.6. The highest BCUT2D eigenvalue weighted by Gasteiger charge is 2.10. The normalized spacial score (nSPS) is 10.4. The van der Waals surface area contributed by atoms with Crippen molar-refractivity contribution < 1.29 is 13.6 Å². The van der Waals surface area contributed by atoms with E-state index in [-0.39, 0.29) is 17.4 Å². The SMILES string of the molecule is Cc1ccc(C(=O)Nc2ccc(Nc3c(F)cccc3F)nc2)cc1. The molecule has 126 valence electrons. The summed E-state index contributed by atoms with van der Waals surface area (Å²) >= 11 is 0. The predicted octanol–water partition coefficient (Wildman–Crippen LogP) is 4.66. The lowest BCUT2D eigenvalue weighted by Crippen LogP contribution is -2.12. The van der Waals surface area contributed by atoms with E-state index in [1.54, 1.807) is 18.2 Å². The molecule has 0 aliphatic rings. The minimum absolute atomic E-state index is 0.261. The molecule has 0 aliphatic heterocycles. The van der Waals surface area contributed by atoms with E-state index in [0.717, 1.165) is 17.7 Å². The van der Waals surface area contributed by atoms with Crippen molar-refractivity contribution in [2.75, 3.05) is 10.6 Å². The van der Waals surface area contributed by atoms with Crippen molar-refractivity contribution in [1.29, 1.82) is 0 Å². The summed E-state index contributed by atoms with van der Waals surface area (Å²) in [5, 5.41) is 5.30. The van der Waals surface area contributed by atoms with Crippen molar-refractivity contribution in [2.24, 2.45) is 0 Å². The predicted molar refractivity (Wildman–Crippen MR) is 93.0 cm³/mol. The summed E-state index contributed by atoms with van der Waals surface area (Å²) < 4.78 is 27.2. The number of nitrogens with zero attached hydrogens (tertiary/aromatic N) is 1. The number of rotatable bonds is 4. The molecule has 0 radical (unpaired) electrons. The van der Waals surface area contributed by atoms with Crippen LogP contribution in [0.3, 0.4) is 0 Å². The van der Waals surface area contributed by atoms with Gasteiger partial charge in [0.25, 0.3) is 5.91 Å². The van der Waals surface area contributed by atoms with E-state index in [1.807, 2.05) is 19.1 Å². The van der Waals surface area contributed by atoms with Crippen LogP contribution in [0.15, 0.2) is 60.8 Å². The number of aromatic nitrogens is 1. The second-order valence-electron chi connectivity index (χ2n) is 5.47. The number of pyridine rings is 1. The maximum atomic E-state index is 13.6. The van der Waals surface area contributed by atoms with Gasteiger partial charge >= 0.3 is 0 Å². The van der Waals surface area contributed by atoms with Crippen LogP contribution in [0, 0.1) is 18.6 Å². The van der Waals surface area contributed by atoms with Gasteiger partial charge in [-0.05, 0) is 43.3 Å². The molecule has 6 heteroatoms. The van der Waals surface area contributed by atoms with Gasteiger partial charge in [-0.1, -0.05) is 23.8 Å². The Morgan fingerprint density at radius 1 is 0.960 bits per heavy atom. The van der Waals surface area contributed by atoms with Crippen LogP contribution in [0.25, 0.3) is 0 Å². The number of nitrogens with one attached hydrogen (secondary N) is 2. The molecule has 0 saturated carbocycles. The molecule has 0 spiro atoms. The number of hydrogen-bond acceptors (Lipinski definition) is 3. The summed E-state index contributed by atoms with van der Waals surface area (Å²) in [4.78, 5) is 16.2. The molecule has 3 rings (SSSR count). The van der Waals surface area contributed by atoms with Gasteiger partial charge in [-0.2, -0.15) is 0 Å². The highest BCUT2D eigenvalue weighted by molar-refractivity contribution is 6.04. The number of aryl methyl sites for hydroxylation is 1. The summed E-state index contributed by atoms with van der Waals surface area (Å²) in [7, 11) is 0. The number of carbonyl (C=O) groups is 1. The number of anilines is 3. The van der Waals surface area contributed by atoms with Crippen LogP contribution in [-0.2, 0) is 0 Å². The molecule has 0 atom stereocenters. The molecule has 2 N–H and O–H groups in total. The van der Waals surface area contributed by atoms with Crippen LogP contribution in [0.2, 0.25) is 0 Å². The number of hydrogen-bond donors (Lipinski definition) is 2. The van der Waals surface area contributed by atoms with E-state index in [1.165, 1.54) is 18.3 Å². The first-order valence-electron chi connectivity index (χ1n) is 7.58. The molecular weight excluding hydrogens is 324 g/mol. The van der Waals surface area contributed by atoms with Crippen LogP contribution in [0.1, 0.15) is 15.9 Å². The van der Waals surface area contributed by atoms with E-state index in [2.05, 4.69) is 15.6 Å². The zero-order chi connectivity index (χ0) is 17.8. The Bertz CT molecular complexity index is 873. The standard InChI is InChI=1S/C19H15F2N3O/c1-12-5-7-13(8-6-12)19(25)23-14-9-10-17(22-11-14)24-18-15(20)3-2-4-16(18)21/h2-11H,1H3,(H,22,24)(H,23,25). The Morgan fingerprint density at radius 2 is 1.64 bits per heavy atom. The zero-order valence-corrected chi connectivity index (χ0v) is 13.4. The lowest BCUT2D eigenvalue weighted by Gasteiger charge is -2.09. The van der Waals surface area contributed by atoms with Gasteiger partial charge in [0, 0.05) is 5.56 Å². The molecule has 2 aromatic carbocycles. The number of carbonyl (C=O) groups excluding carboxylic acids is 1. The van der Waals surface area contributed by atoms with Gasteiger partial charge in [0.15, 0.2) is 0 Å². The van der Waals surface area contributed by atoms with Crippen molar-refractivity contribution in [3.63, 3.8) is 0 Å². The monoisotopic (exact) mass is 339 g/mol. The molecule has 1 amide bonds. The lowest BCUT2D eigenvalue weighted by molar-refractivity contribution is 0.102. The average Bonchev–Trinajstić information content (AvgIpc) is 2.60. The third kappa shape index (κ3) is 3.98. The Hall–Kier alpha value is -3.28. The van der Waals surface area contributed by atoms with Gasteiger partial charge in [0.1, 0.15) is 23.1 Å². The first-order chi connectivity index (χ1) is 12.0. The first kappa shape index (κ1) is 16.6. The Morgan fingerprint density at radius 3 is 2.24 bits per heavy atom. The van der Waals surface area contributed by atoms with E-state index in [4.69, 9.17) is 0 Å². The highest BCUT2D eigenvalue weighted by atomic mass is 19.1. The Kier molecular flexibility index (Phi) is 4.70. The van der Waals surface area contributed by atoms with Crippen LogP contribution >= 0.6 is 0 Å². The van der Waals surface area contributed by atoms with E-state index in [9.17, 15) is 13.6 Å². The third-order valence-electron chi connectivity index (χ3n) is 3.55. The summed E-state index contributed by atoms with van der Waals surface area (Å²) in [6.45, 7) is 1.94. The molecule has 0 fully saturated rings. The number of amides is 1. The van der Waals surface area contributed by atoms with Gasteiger partial charge < -0.3 is 10.6 Å². The largest absolute Gasteiger partial charge is 0.335 e. The number of para-hydroxylation sites is 1. The van der Waals surface area contributed by atoms with Crippen LogP contribution in [-0.4, -0.2) is 10.9 Å². The molecule has 25 heavy (non-hydrogen) atoms. The molecule has 1 aromatic heterocycles. The van der Waals surface area contributed by atoms with E-state index < -0.39 is 11.6 Å². The van der Waals surface area contributed by atoms with E-state index >= 15 is 0 Å². The minimum atomic E-state index is -0.710. The van der Waals surface area contributed by atoms with Crippen LogP contribution < -0.4 is 10.6 Å². The number of halogens is 2. The third-order valence-corrected chi connectivity index (χ3v) is 3.55. The van der Waals surface area contributed by atoms with Gasteiger partial charge in [-0.3, -0.25) is 4.79 Å². The van der Waals surface area contributed by atoms with Crippen molar-refractivity contribution in [1.82, 2.24) is 4.98 Å². The molecule has 4 nitrogen and oxygen atoms in total. The fraction of sp³-hybridized carbons (Fsp3) is 0.0526. The fourth-order valence-electron chi connectivity index (χ4n) is 2.20. The topological polar surface area (TPSA) is 54.0 Å². The fourth-order valence-corrected chi connectivity index (χ4v) is 2.20. The smallest absolute Gasteiger partial charge is 0.255 e. The molecule has 0 bridgehead atoms. The van der Waals surface area contributed by atoms with Crippen molar-refractivity contribution in [3.05, 3.63) is 83.6 Å². The van der Waals surface area contributed by atoms with E-state index in [0.29, 0.717) is 11.3 Å². The van der Waals surface area contributed by atoms with Crippen LogP contribution in [0.5, 0.6) is 0 Å². The summed E-state index contributed by atoms with van der Waals surface area (Å²) in [6, 6.07) is 13.9. The van der Waals surface area contributed by atoms with Crippen molar-refractivity contribution >= 4 is 23.1 Å². The van der Waals surface area contributed by atoms with Crippen molar-refractivity contribution in [2.45, 2.75) is 6.92 Å². The van der Waals surface area contributed by atoms with Gasteiger partial charge in [-0.15, -0.1) is 0 Å². The molecule has 0 saturated heterocycles. The average molecular weight is 339 g/mol. The summed E-state index contributed by atoms with van der Waals surface area (Å²) in [5.74, 6) is -1.42. The molecule has 0 unspecified atom stereocenters. The second kappa shape index (κ2) is 7.09. The minimum Gasteiger partial charge on any atom is -0.335 e. The molecule has 1 heterocycles. The summed E-state index contributed by atoms with van der Waals surface area (Å²) in [6.07, 6.45) is 1.41. The number of benzene rings is 2. The molecule has 0 aliphatic carbocycles. The maximum Gasteiger partial charge on any atom is 0.255 e. The highest BCUT2D eigenvalue weighted by Crippen LogP contribution is 2.22. The molecule has 3 aromatic rings. The second-order valence-corrected chi connectivity index (χ2v) is 5.47. The van der Waals surface area contributed by atoms with Gasteiger partial charge in [-0.25, -0.2) is 13.8 Å². The molecular formula is C19H15F2N3O. The van der Waals surface area contributed by atoms with Gasteiger partial charge in [0.2, 0.25) is 0 Å². The van der Waals surface area contributed by atoms with Crippen molar-refractivity contribution in [3.8, 4) is 0 Å². The Balaban J connectivity index is 1.70. The first-order valence-corrected chi connectivity index (χ1v) is 7.58. The Labute approximate surface area is 143 Å². The lowest BCUT2D eigenvalue weighted by atomic mass is 10.1.